The van der Waals surface area contributed by atoms with Crippen LogP contribution in [0.1, 0.15) is 26.7 Å². The summed E-state index contributed by atoms with van der Waals surface area (Å²) in [5, 5.41) is 2.74. The number of hydrogen-bond acceptors (Lipinski definition) is 3. The summed E-state index contributed by atoms with van der Waals surface area (Å²) >= 11 is 0. The van der Waals surface area contributed by atoms with E-state index >= 15 is 0 Å². The number of carbonyl (C=O) groups is 2. The fourth-order valence-corrected chi connectivity index (χ4v) is 1.67. The van der Waals surface area contributed by atoms with Gasteiger partial charge >= 0.3 is 5.97 Å². The first kappa shape index (κ1) is 15.2. The van der Waals surface area contributed by atoms with E-state index in [0.29, 0.717) is 6.54 Å². The molecule has 1 rings (SSSR count). The van der Waals surface area contributed by atoms with Crippen LogP contribution in [0.25, 0.3) is 0 Å². The fraction of sp³-hybridized carbons (Fsp3) is 0.467. The van der Waals surface area contributed by atoms with Crippen molar-refractivity contribution in [1.82, 2.24) is 5.32 Å². The largest absolute Gasteiger partial charge is 0.462 e. The number of amides is 1. The Hall–Kier alpha value is -1.84. The number of hydrogen-bond donors (Lipinski definition) is 1. The third-order valence-electron chi connectivity index (χ3n) is 2.69. The number of rotatable bonds is 7. The molecule has 0 bridgehead atoms. The number of allylic oxidation sites excluding steroid dienone is 5. The molecule has 0 spiro atoms. The highest BCUT2D eigenvalue weighted by Crippen LogP contribution is 2.14. The molecule has 0 unspecified atom stereocenters. The van der Waals surface area contributed by atoms with Crippen molar-refractivity contribution in [3.8, 4) is 0 Å². The molecule has 1 N–H and O–H groups in total. The van der Waals surface area contributed by atoms with Crippen molar-refractivity contribution >= 4 is 11.9 Å². The lowest BCUT2D eigenvalue weighted by Gasteiger charge is -2.09. The Balaban J connectivity index is 2.73. The topological polar surface area (TPSA) is 55.4 Å². The van der Waals surface area contributed by atoms with Gasteiger partial charge < -0.3 is 10.1 Å². The highest BCUT2D eigenvalue weighted by Gasteiger charge is 2.20. The zero-order valence-corrected chi connectivity index (χ0v) is 11.5. The minimum absolute atomic E-state index is 0.0173. The summed E-state index contributed by atoms with van der Waals surface area (Å²) in [6, 6.07) is 0. The Kier molecular flexibility index (Phi) is 6.64. The van der Waals surface area contributed by atoms with Gasteiger partial charge in [0, 0.05) is 12.5 Å². The van der Waals surface area contributed by atoms with Crippen LogP contribution in [0.3, 0.4) is 0 Å². The highest BCUT2D eigenvalue weighted by molar-refractivity contribution is 6.16. The second-order valence-electron chi connectivity index (χ2n) is 4.26. The van der Waals surface area contributed by atoms with E-state index < -0.39 is 5.97 Å². The van der Waals surface area contributed by atoms with Crippen LogP contribution in [0.4, 0.5) is 0 Å². The summed E-state index contributed by atoms with van der Waals surface area (Å²) < 4.78 is 4.93. The Morgan fingerprint density at radius 2 is 1.95 bits per heavy atom. The smallest absolute Gasteiger partial charge is 0.343 e. The van der Waals surface area contributed by atoms with Crippen molar-refractivity contribution in [2.45, 2.75) is 26.7 Å². The van der Waals surface area contributed by atoms with E-state index in [0.717, 1.165) is 12.8 Å². The Morgan fingerprint density at radius 1 is 1.26 bits per heavy atom. The maximum Gasteiger partial charge on any atom is 0.343 e. The van der Waals surface area contributed by atoms with Gasteiger partial charge in [-0.2, -0.15) is 0 Å². The van der Waals surface area contributed by atoms with Crippen molar-refractivity contribution in [2.75, 3.05) is 13.2 Å². The minimum atomic E-state index is -0.565. The maximum absolute atomic E-state index is 12.0. The molecule has 0 saturated carbocycles. The van der Waals surface area contributed by atoms with Crippen LogP contribution in [-0.2, 0) is 14.3 Å². The molecule has 0 radical (unpaired) electrons. The molecule has 0 aromatic carbocycles. The molecule has 0 aliphatic heterocycles. The van der Waals surface area contributed by atoms with Crippen LogP contribution in [0.5, 0.6) is 0 Å². The molecular weight excluding hydrogens is 242 g/mol. The van der Waals surface area contributed by atoms with Crippen molar-refractivity contribution in [1.29, 1.82) is 0 Å². The van der Waals surface area contributed by atoms with Crippen LogP contribution >= 0.6 is 0 Å². The van der Waals surface area contributed by atoms with Crippen LogP contribution in [0.15, 0.2) is 36.0 Å². The van der Waals surface area contributed by atoms with Crippen LogP contribution in [-0.4, -0.2) is 25.0 Å². The van der Waals surface area contributed by atoms with Gasteiger partial charge in [0.05, 0.1) is 6.61 Å². The molecular formula is C15H21NO3. The summed E-state index contributed by atoms with van der Waals surface area (Å²) in [6.07, 6.45) is 11.1. The summed E-state index contributed by atoms with van der Waals surface area (Å²) in [6.45, 7) is 4.60. The van der Waals surface area contributed by atoms with E-state index in [1.54, 1.807) is 13.0 Å². The number of esters is 1. The molecule has 104 valence electrons. The van der Waals surface area contributed by atoms with E-state index in [9.17, 15) is 9.59 Å². The Labute approximate surface area is 114 Å². The van der Waals surface area contributed by atoms with E-state index in [4.69, 9.17) is 4.74 Å². The fourth-order valence-electron chi connectivity index (χ4n) is 1.67. The summed E-state index contributed by atoms with van der Waals surface area (Å²) in [5.41, 5.74) is 0.0825. The number of carbonyl (C=O) groups excluding carboxylic acids is 2. The van der Waals surface area contributed by atoms with E-state index in [1.165, 1.54) is 0 Å². The van der Waals surface area contributed by atoms with Gasteiger partial charge in [-0.1, -0.05) is 43.7 Å². The molecule has 0 aromatic heterocycles. The number of ether oxygens (including phenoxy) is 1. The van der Waals surface area contributed by atoms with Gasteiger partial charge in [0.2, 0.25) is 0 Å². The molecule has 0 saturated heterocycles. The zero-order valence-electron chi connectivity index (χ0n) is 11.5. The van der Waals surface area contributed by atoms with Gasteiger partial charge in [0.25, 0.3) is 5.91 Å². The van der Waals surface area contributed by atoms with E-state index in [1.807, 2.05) is 31.2 Å². The highest BCUT2D eigenvalue weighted by atomic mass is 16.5. The predicted molar refractivity (Wildman–Crippen MR) is 74.4 cm³/mol. The monoisotopic (exact) mass is 263 g/mol. The first-order chi connectivity index (χ1) is 9.19. The van der Waals surface area contributed by atoms with E-state index in [-0.39, 0.29) is 24.0 Å². The van der Waals surface area contributed by atoms with Gasteiger partial charge in [-0.25, -0.2) is 4.79 Å². The first-order valence-electron chi connectivity index (χ1n) is 6.71. The van der Waals surface area contributed by atoms with Crippen molar-refractivity contribution in [3.05, 3.63) is 36.0 Å². The van der Waals surface area contributed by atoms with Crippen LogP contribution in [0.2, 0.25) is 0 Å². The first-order valence-corrected chi connectivity index (χ1v) is 6.71. The lowest BCUT2D eigenvalue weighted by molar-refractivity contribution is -0.140. The van der Waals surface area contributed by atoms with Gasteiger partial charge in [0.15, 0.2) is 0 Å². The third-order valence-corrected chi connectivity index (χ3v) is 2.69. The zero-order chi connectivity index (χ0) is 14.1. The van der Waals surface area contributed by atoms with Gasteiger partial charge in [0.1, 0.15) is 5.57 Å². The third kappa shape index (κ3) is 5.12. The van der Waals surface area contributed by atoms with Gasteiger partial charge in [-0.05, 0) is 13.3 Å². The summed E-state index contributed by atoms with van der Waals surface area (Å²) in [5.74, 6) is -0.942. The molecule has 0 aromatic rings. The van der Waals surface area contributed by atoms with Crippen molar-refractivity contribution < 1.29 is 14.3 Å². The average molecular weight is 263 g/mol. The average Bonchev–Trinajstić information content (AvgIpc) is 2.89. The molecule has 0 atom stereocenters. The second-order valence-corrected chi connectivity index (χ2v) is 4.26. The normalized spacial score (nSPS) is 14.7. The molecule has 0 fully saturated rings. The quantitative estimate of drug-likeness (QED) is 0.252. The van der Waals surface area contributed by atoms with Crippen molar-refractivity contribution in [2.24, 2.45) is 5.92 Å². The van der Waals surface area contributed by atoms with E-state index in [2.05, 4.69) is 5.32 Å². The SMILES string of the molecule is CCCCNC(=O)/C(=C\C1C=CC=C1)C(=O)OCC. The summed E-state index contributed by atoms with van der Waals surface area (Å²) in [4.78, 5) is 23.8. The van der Waals surface area contributed by atoms with Crippen LogP contribution < -0.4 is 5.32 Å². The van der Waals surface area contributed by atoms with Gasteiger partial charge in [-0.15, -0.1) is 0 Å². The second kappa shape index (κ2) is 8.29. The summed E-state index contributed by atoms with van der Waals surface area (Å²) in [7, 11) is 0. The Bertz CT molecular complexity index is 396. The number of nitrogens with one attached hydrogen (secondary N) is 1. The maximum atomic E-state index is 12.0. The minimum Gasteiger partial charge on any atom is -0.462 e. The molecule has 1 aliphatic rings. The molecule has 0 heterocycles. The Morgan fingerprint density at radius 3 is 2.53 bits per heavy atom. The molecule has 19 heavy (non-hydrogen) atoms. The van der Waals surface area contributed by atoms with Crippen LogP contribution in [0, 0.1) is 5.92 Å². The lowest BCUT2D eigenvalue weighted by Crippen LogP contribution is -2.30. The molecule has 4 nitrogen and oxygen atoms in total. The van der Waals surface area contributed by atoms with Gasteiger partial charge in [-0.3, -0.25) is 4.79 Å². The number of unbranched alkanes of at least 4 members (excludes halogenated alkanes) is 1. The lowest BCUT2D eigenvalue weighted by atomic mass is 10.1. The standard InChI is InChI=1S/C15H21NO3/c1-3-5-10-16-14(17)13(15(18)19-4-2)11-12-8-6-7-9-12/h6-9,11-12H,3-5,10H2,1-2H3,(H,16,17)/b13-11+. The predicted octanol–water partition coefficient (Wildman–Crippen LogP) is 2.13. The van der Waals surface area contributed by atoms with Crippen molar-refractivity contribution in [3.63, 3.8) is 0 Å². The molecule has 1 aliphatic carbocycles. The molecule has 1 amide bonds. The molecule has 4 heteroatoms.